The summed E-state index contributed by atoms with van der Waals surface area (Å²) < 4.78 is 46.0. The van der Waals surface area contributed by atoms with Crippen molar-refractivity contribution >= 4 is 11.8 Å². The van der Waals surface area contributed by atoms with E-state index in [-0.39, 0.29) is 24.8 Å². The average Bonchev–Trinajstić information content (AvgIpc) is 3.09. The lowest BCUT2D eigenvalue weighted by atomic mass is 9.98. The van der Waals surface area contributed by atoms with Crippen LogP contribution in [0.3, 0.4) is 0 Å². The van der Waals surface area contributed by atoms with Crippen molar-refractivity contribution in [2.75, 3.05) is 18.9 Å². The van der Waals surface area contributed by atoms with Gasteiger partial charge in [0.1, 0.15) is 12.4 Å². The van der Waals surface area contributed by atoms with Gasteiger partial charge in [-0.3, -0.25) is 0 Å². The highest BCUT2D eigenvalue weighted by atomic mass is 19.4. The molecule has 3 aromatic rings. The van der Waals surface area contributed by atoms with Crippen LogP contribution in [0.1, 0.15) is 22.6 Å². The van der Waals surface area contributed by atoms with E-state index in [1.54, 1.807) is 0 Å². The standard InChI is InChI=1S/C25H19F3N2O3/c26-25(27,28)33-17-12-11-16(23(29)14-17)6-5-13-30-24(31)32-15-22-20-9-3-1-7-18(20)19-8-2-4-10-21(19)22/h1-4,7-12,14,22H,13,15,29H2,(H,30,31). The molecule has 33 heavy (non-hydrogen) atoms. The van der Waals surface area contributed by atoms with Crippen LogP contribution in [0.5, 0.6) is 5.75 Å². The molecule has 1 amide bonds. The molecule has 0 atom stereocenters. The van der Waals surface area contributed by atoms with Crippen molar-refractivity contribution < 1.29 is 27.4 Å². The first kappa shape index (κ1) is 22.1. The zero-order chi connectivity index (χ0) is 23.4. The van der Waals surface area contributed by atoms with Crippen LogP contribution in [-0.2, 0) is 4.74 Å². The van der Waals surface area contributed by atoms with Gasteiger partial charge < -0.3 is 20.5 Å². The van der Waals surface area contributed by atoms with E-state index in [0.29, 0.717) is 5.56 Å². The van der Waals surface area contributed by atoms with Crippen LogP contribution >= 0.6 is 0 Å². The highest BCUT2D eigenvalue weighted by molar-refractivity contribution is 5.79. The number of alkyl carbamates (subject to hydrolysis) is 1. The Bertz CT molecular complexity index is 1200. The third-order valence-corrected chi connectivity index (χ3v) is 5.14. The Labute approximate surface area is 188 Å². The SMILES string of the molecule is Nc1cc(OC(F)(F)F)ccc1C#CCNC(=O)OCC1c2ccccc2-c2ccccc21. The Morgan fingerprint density at radius 3 is 2.24 bits per heavy atom. The molecule has 4 rings (SSSR count). The Morgan fingerprint density at radius 2 is 1.64 bits per heavy atom. The summed E-state index contributed by atoms with van der Waals surface area (Å²) in [6.07, 6.45) is -5.42. The molecule has 5 nitrogen and oxygen atoms in total. The van der Waals surface area contributed by atoms with Crippen LogP contribution in [0.2, 0.25) is 0 Å². The number of nitrogens with two attached hydrogens (primary N) is 1. The van der Waals surface area contributed by atoms with Gasteiger partial charge in [0.25, 0.3) is 0 Å². The molecule has 8 heteroatoms. The summed E-state index contributed by atoms with van der Waals surface area (Å²) in [4.78, 5) is 12.1. The molecule has 0 saturated heterocycles. The van der Waals surface area contributed by atoms with Gasteiger partial charge >= 0.3 is 12.5 Å². The zero-order valence-electron chi connectivity index (χ0n) is 17.3. The number of rotatable bonds is 4. The first-order valence-corrected chi connectivity index (χ1v) is 10.0. The third kappa shape index (κ3) is 5.21. The van der Waals surface area contributed by atoms with Crippen LogP contribution in [0.15, 0.2) is 66.7 Å². The molecule has 168 valence electrons. The summed E-state index contributed by atoms with van der Waals surface area (Å²) in [6, 6.07) is 19.5. The third-order valence-electron chi connectivity index (χ3n) is 5.14. The molecule has 1 aliphatic rings. The summed E-state index contributed by atoms with van der Waals surface area (Å²) in [6.45, 7) is 0.165. The van der Waals surface area contributed by atoms with Crippen LogP contribution in [0, 0.1) is 11.8 Å². The van der Waals surface area contributed by atoms with Crippen LogP contribution in [-0.4, -0.2) is 25.6 Å². The lowest BCUT2D eigenvalue weighted by Gasteiger charge is -2.14. The van der Waals surface area contributed by atoms with Gasteiger partial charge in [0.15, 0.2) is 0 Å². The first-order chi connectivity index (χ1) is 15.8. The molecule has 0 spiro atoms. The Kier molecular flexibility index (Phi) is 6.13. The van der Waals surface area contributed by atoms with Crippen molar-refractivity contribution in [3.63, 3.8) is 0 Å². The highest BCUT2D eigenvalue weighted by Gasteiger charge is 2.31. The number of hydrogen-bond donors (Lipinski definition) is 2. The van der Waals surface area contributed by atoms with E-state index in [0.717, 1.165) is 34.4 Å². The predicted octanol–water partition coefficient (Wildman–Crippen LogP) is 5.06. The number of nitrogens with one attached hydrogen (secondary N) is 1. The second kappa shape index (κ2) is 9.17. The lowest BCUT2D eigenvalue weighted by Crippen LogP contribution is -2.26. The van der Waals surface area contributed by atoms with Crippen LogP contribution in [0.4, 0.5) is 23.7 Å². The topological polar surface area (TPSA) is 73.6 Å². The molecule has 3 aromatic carbocycles. The maximum Gasteiger partial charge on any atom is 0.573 e. The number of fused-ring (bicyclic) bond motifs is 3. The maximum absolute atomic E-state index is 12.3. The van der Waals surface area contributed by atoms with E-state index in [1.807, 2.05) is 36.4 Å². The fourth-order valence-corrected chi connectivity index (χ4v) is 3.76. The highest BCUT2D eigenvalue weighted by Crippen LogP contribution is 2.44. The maximum atomic E-state index is 12.3. The number of amides is 1. The molecule has 0 heterocycles. The normalized spacial score (nSPS) is 12.2. The summed E-state index contributed by atoms with van der Waals surface area (Å²) in [5.74, 6) is 4.92. The number of halogens is 3. The fraction of sp³-hybridized carbons (Fsp3) is 0.160. The van der Waals surface area contributed by atoms with Crippen molar-refractivity contribution in [1.82, 2.24) is 5.32 Å². The first-order valence-electron chi connectivity index (χ1n) is 10.0. The molecule has 0 aliphatic heterocycles. The summed E-state index contributed by atoms with van der Waals surface area (Å²) in [5.41, 5.74) is 10.6. The Balaban J connectivity index is 1.31. The fourth-order valence-electron chi connectivity index (χ4n) is 3.76. The minimum atomic E-state index is -4.80. The van der Waals surface area contributed by atoms with Crippen molar-refractivity contribution in [3.8, 4) is 28.7 Å². The smallest absolute Gasteiger partial charge is 0.449 e. The predicted molar refractivity (Wildman–Crippen MR) is 117 cm³/mol. The van der Waals surface area contributed by atoms with E-state index in [2.05, 4.69) is 34.0 Å². The lowest BCUT2D eigenvalue weighted by molar-refractivity contribution is -0.274. The monoisotopic (exact) mass is 452 g/mol. The molecule has 1 aliphatic carbocycles. The van der Waals surface area contributed by atoms with E-state index >= 15 is 0 Å². The minimum Gasteiger partial charge on any atom is -0.449 e. The van der Waals surface area contributed by atoms with Gasteiger partial charge in [-0.15, -0.1) is 13.2 Å². The molecule has 0 unspecified atom stereocenters. The Morgan fingerprint density at radius 1 is 1.00 bits per heavy atom. The molecular formula is C25H19F3N2O3. The number of carbonyl (C=O) groups is 1. The van der Waals surface area contributed by atoms with E-state index < -0.39 is 18.2 Å². The average molecular weight is 452 g/mol. The minimum absolute atomic E-state index is 0.0169. The number of alkyl halides is 3. The van der Waals surface area contributed by atoms with Gasteiger partial charge in [-0.05, 0) is 34.4 Å². The van der Waals surface area contributed by atoms with Gasteiger partial charge in [-0.25, -0.2) is 4.79 Å². The molecule has 0 radical (unpaired) electrons. The number of nitrogen functional groups attached to an aromatic ring is 1. The molecule has 0 bridgehead atoms. The number of ether oxygens (including phenoxy) is 2. The molecular weight excluding hydrogens is 433 g/mol. The van der Waals surface area contributed by atoms with E-state index in [1.165, 1.54) is 6.07 Å². The number of anilines is 1. The van der Waals surface area contributed by atoms with Crippen molar-refractivity contribution in [3.05, 3.63) is 83.4 Å². The van der Waals surface area contributed by atoms with Gasteiger partial charge in [-0.1, -0.05) is 60.4 Å². The molecule has 0 fully saturated rings. The number of benzene rings is 3. The molecule has 0 saturated carbocycles. The van der Waals surface area contributed by atoms with Gasteiger partial charge in [0.05, 0.1) is 12.2 Å². The Hall–Kier alpha value is -4.12. The summed E-state index contributed by atoms with van der Waals surface area (Å²) in [7, 11) is 0. The zero-order valence-corrected chi connectivity index (χ0v) is 17.3. The van der Waals surface area contributed by atoms with E-state index in [9.17, 15) is 18.0 Å². The van der Waals surface area contributed by atoms with Crippen LogP contribution < -0.4 is 15.8 Å². The quantitative estimate of drug-likeness (QED) is 0.429. The van der Waals surface area contributed by atoms with Gasteiger partial charge in [0, 0.05) is 17.5 Å². The molecule has 3 N–H and O–H groups in total. The number of carbonyl (C=O) groups excluding carboxylic acids is 1. The van der Waals surface area contributed by atoms with Crippen LogP contribution in [0.25, 0.3) is 11.1 Å². The molecule has 0 aromatic heterocycles. The summed E-state index contributed by atoms with van der Waals surface area (Å²) >= 11 is 0. The number of hydrogen-bond acceptors (Lipinski definition) is 4. The van der Waals surface area contributed by atoms with Crippen molar-refractivity contribution in [1.29, 1.82) is 0 Å². The second-order valence-corrected chi connectivity index (χ2v) is 7.28. The largest absolute Gasteiger partial charge is 0.573 e. The van der Waals surface area contributed by atoms with E-state index in [4.69, 9.17) is 10.5 Å². The summed E-state index contributed by atoms with van der Waals surface area (Å²) in [5, 5.41) is 2.54. The van der Waals surface area contributed by atoms with Gasteiger partial charge in [0.2, 0.25) is 0 Å². The van der Waals surface area contributed by atoms with Crippen molar-refractivity contribution in [2.24, 2.45) is 0 Å². The van der Waals surface area contributed by atoms with Crippen molar-refractivity contribution in [2.45, 2.75) is 12.3 Å². The second-order valence-electron chi connectivity index (χ2n) is 7.28. The van der Waals surface area contributed by atoms with Gasteiger partial charge in [-0.2, -0.15) is 0 Å².